The van der Waals surface area contributed by atoms with Crippen LogP contribution in [0.25, 0.3) is 0 Å². The standard InChI is InChI=1S/C15H19F2N3/c1-10-4-5-11(16)14(15(10)17)12(18-2)6-7-13-19-8-9-20(13)3/h4-5,8-9,12,18H,6-7H2,1-3H3. The Morgan fingerprint density at radius 3 is 2.70 bits per heavy atom. The topological polar surface area (TPSA) is 29.9 Å². The van der Waals surface area contributed by atoms with Crippen LogP contribution in [0.5, 0.6) is 0 Å². The lowest BCUT2D eigenvalue weighted by atomic mass is 9.98. The SMILES string of the molecule is CNC(CCc1nccn1C)c1c(F)ccc(C)c1F. The highest BCUT2D eigenvalue weighted by Gasteiger charge is 2.20. The van der Waals surface area contributed by atoms with Crippen LogP contribution in [0.2, 0.25) is 0 Å². The molecule has 0 bridgehead atoms. The van der Waals surface area contributed by atoms with Crippen molar-refractivity contribution in [3.8, 4) is 0 Å². The molecule has 0 fully saturated rings. The van der Waals surface area contributed by atoms with Crippen molar-refractivity contribution in [2.24, 2.45) is 7.05 Å². The lowest BCUT2D eigenvalue weighted by molar-refractivity contribution is 0.464. The van der Waals surface area contributed by atoms with Crippen molar-refractivity contribution < 1.29 is 8.78 Å². The van der Waals surface area contributed by atoms with Crippen molar-refractivity contribution in [3.05, 3.63) is 53.1 Å². The molecule has 0 radical (unpaired) electrons. The zero-order chi connectivity index (χ0) is 14.7. The van der Waals surface area contributed by atoms with Gasteiger partial charge in [-0.25, -0.2) is 13.8 Å². The van der Waals surface area contributed by atoms with Crippen LogP contribution in [0, 0.1) is 18.6 Å². The summed E-state index contributed by atoms with van der Waals surface area (Å²) in [5.41, 5.74) is 0.570. The average molecular weight is 279 g/mol. The fraction of sp³-hybridized carbons (Fsp3) is 0.400. The monoisotopic (exact) mass is 279 g/mol. The van der Waals surface area contributed by atoms with Crippen LogP contribution >= 0.6 is 0 Å². The molecule has 0 saturated heterocycles. The van der Waals surface area contributed by atoms with E-state index in [2.05, 4.69) is 10.3 Å². The maximum Gasteiger partial charge on any atom is 0.133 e. The number of nitrogens with one attached hydrogen (secondary N) is 1. The van der Waals surface area contributed by atoms with Gasteiger partial charge in [0, 0.05) is 37.5 Å². The van der Waals surface area contributed by atoms with E-state index < -0.39 is 11.6 Å². The summed E-state index contributed by atoms with van der Waals surface area (Å²) in [6, 6.07) is 2.41. The molecule has 3 nitrogen and oxygen atoms in total. The second-order valence-corrected chi connectivity index (χ2v) is 4.93. The van der Waals surface area contributed by atoms with Crippen LogP contribution in [-0.2, 0) is 13.5 Å². The first-order valence-corrected chi connectivity index (χ1v) is 6.62. The number of rotatable bonds is 5. The quantitative estimate of drug-likeness (QED) is 0.912. The van der Waals surface area contributed by atoms with Crippen LogP contribution in [0.3, 0.4) is 0 Å². The van der Waals surface area contributed by atoms with Gasteiger partial charge in [-0.2, -0.15) is 0 Å². The second kappa shape index (κ2) is 6.13. The van der Waals surface area contributed by atoms with E-state index in [-0.39, 0.29) is 11.6 Å². The molecule has 0 aliphatic heterocycles. The molecule has 20 heavy (non-hydrogen) atoms. The zero-order valence-corrected chi connectivity index (χ0v) is 12.0. The van der Waals surface area contributed by atoms with Crippen LogP contribution in [0.1, 0.15) is 29.4 Å². The van der Waals surface area contributed by atoms with Gasteiger partial charge in [-0.1, -0.05) is 6.07 Å². The Bertz CT molecular complexity index is 593. The maximum atomic E-state index is 14.1. The Balaban J connectivity index is 2.21. The fourth-order valence-electron chi connectivity index (χ4n) is 2.34. The number of benzene rings is 1. The molecule has 0 amide bonds. The van der Waals surface area contributed by atoms with Crippen molar-refractivity contribution in [2.45, 2.75) is 25.8 Å². The second-order valence-electron chi connectivity index (χ2n) is 4.93. The molecule has 1 unspecified atom stereocenters. The predicted octanol–water partition coefficient (Wildman–Crippen LogP) is 2.90. The molecule has 108 valence electrons. The summed E-state index contributed by atoms with van der Waals surface area (Å²) in [5, 5.41) is 2.99. The molecular weight excluding hydrogens is 260 g/mol. The molecule has 0 spiro atoms. The molecule has 0 aliphatic carbocycles. The average Bonchev–Trinajstić information content (AvgIpc) is 2.83. The zero-order valence-electron chi connectivity index (χ0n) is 12.0. The summed E-state index contributed by atoms with van der Waals surface area (Å²) < 4.78 is 30.0. The number of imidazole rings is 1. The van der Waals surface area contributed by atoms with Gasteiger partial charge in [-0.05, 0) is 32.0 Å². The van der Waals surface area contributed by atoms with Gasteiger partial charge in [0.25, 0.3) is 0 Å². The highest BCUT2D eigenvalue weighted by molar-refractivity contribution is 5.29. The van der Waals surface area contributed by atoms with Gasteiger partial charge in [0.2, 0.25) is 0 Å². The van der Waals surface area contributed by atoms with E-state index in [1.165, 1.54) is 12.1 Å². The summed E-state index contributed by atoms with van der Waals surface area (Å²) in [6.45, 7) is 1.64. The Morgan fingerprint density at radius 2 is 2.10 bits per heavy atom. The molecule has 1 atom stereocenters. The fourth-order valence-corrected chi connectivity index (χ4v) is 2.34. The largest absolute Gasteiger partial charge is 0.338 e. The molecule has 0 aliphatic rings. The number of aromatic nitrogens is 2. The Labute approximate surface area is 117 Å². The van der Waals surface area contributed by atoms with E-state index >= 15 is 0 Å². The van der Waals surface area contributed by atoms with Crippen molar-refractivity contribution in [3.63, 3.8) is 0 Å². The van der Waals surface area contributed by atoms with E-state index in [4.69, 9.17) is 0 Å². The first-order valence-electron chi connectivity index (χ1n) is 6.62. The van der Waals surface area contributed by atoms with Gasteiger partial charge < -0.3 is 9.88 Å². The van der Waals surface area contributed by atoms with Gasteiger partial charge in [-0.15, -0.1) is 0 Å². The summed E-state index contributed by atoms with van der Waals surface area (Å²) in [5.74, 6) is -0.0739. The molecule has 1 heterocycles. The number of nitrogens with zero attached hydrogens (tertiary/aromatic N) is 2. The van der Waals surface area contributed by atoms with E-state index in [1.54, 1.807) is 20.2 Å². The summed E-state index contributed by atoms with van der Waals surface area (Å²) in [6.07, 6.45) is 4.82. The smallest absolute Gasteiger partial charge is 0.133 e. The minimum atomic E-state index is -0.507. The lowest BCUT2D eigenvalue weighted by Gasteiger charge is -2.19. The van der Waals surface area contributed by atoms with Crippen LogP contribution in [0.4, 0.5) is 8.78 Å². The molecule has 0 saturated carbocycles. The lowest BCUT2D eigenvalue weighted by Crippen LogP contribution is -2.21. The summed E-state index contributed by atoms with van der Waals surface area (Å²) >= 11 is 0. The van der Waals surface area contributed by atoms with Gasteiger partial charge >= 0.3 is 0 Å². The van der Waals surface area contributed by atoms with E-state index in [1.807, 2.05) is 17.8 Å². The molecule has 2 rings (SSSR count). The first-order chi connectivity index (χ1) is 9.54. The van der Waals surface area contributed by atoms with Crippen molar-refractivity contribution in [2.75, 3.05) is 7.05 Å². The molecule has 5 heteroatoms. The number of hydrogen-bond acceptors (Lipinski definition) is 2. The third-order valence-electron chi connectivity index (χ3n) is 3.59. The van der Waals surface area contributed by atoms with Crippen molar-refractivity contribution in [1.29, 1.82) is 0 Å². The van der Waals surface area contributed by atoms with Gasteiger partial charge in [0.05, 0.1) is 0 Å². The molecule has 2 aromatic rings. The molecule has 1 aromatic heterocycles. The molecule has 1 N–H and O–H groups in total. The number of aryl methyl sites for hydroxylation is 3. The predicted molar refractivity (Wildman–Crippen MR) is 74.4 cm³/mol. The number of halogens is 2. The van der Waals surface area contributed by atoms with Gasteiger partial charge in [0.15, 0.2) is 0 Å². The molecule has 1 aromatic carbocycles. The van der Waals surface area contributed by atoms with Crippen LogP contribution in [-0.4, -0.2) is 16.6 Å². The number of hydrogen-bond donors (Lipinski definition) is 1. The minimum absolute atomic E-state index is 0.113. The highest BCUT2D eigenvalue weighted by atomic mass is 19.1. The highest BCUT2D eigenvalue weighted by Crippen LogP contribution is 2.26. The first kappa shape index (κ1) is 14.7. The third kappa shape index (κ3) is 2.88. The van der Waals surface area contributed by atoms with Gasteiger partial charge in [0.1, 0.15) is 17.5 Å². The van der Waals surface area contributed by atoms with Crippen molar-refractivity contribution >= 4 is 0 Å². The van der Waals surface area contributed by atoms with Crippen molar-refractivity contribution in [1.82, 2.24) is 14.9 Å². The minimum Gasteiger partial charge on any atom is -0.338 e. The summed E-state index contributed by atoms with van der Waals surface area (Å²) in [7, 11) is 3.62. The van der Waals surface area contributed by atoms with Crippen LogP contribution < -0.4 is 5.32 Å². The Kier molecular flexibility index (Phi) is 4.49. The van der Waals surface area contributed by atoms with E-state index in [0.29, 0.717) is 18.4 Å². The van der Waals surface area contributed by atoms with E-state index in [0.717, 1.165) is 5.82 Å². The normalized spacial score (nSPS) is 12.7. The van der Waals surface area contributed by atoms with E-state index in [9.17, 15) is 8.78 Å². The maximum absolute atomic E-state index is 14.1. The van der Waals surface area contributed by atoms with Gasteiger partial charge in [-0.3, -0.25) is 0 Å². The Hall–Kier alpha value is -1.75. The van der Waals surface area contributed by atoms with Crippen LogP contribution in [0.15, 0.2) is 24.5 Å². The third-order valence-corrected chi connectivity index (χ3v) is 3.59. The molecular formula is C15H19F2N3. The summed E-state index contributed by atoms with van der Waals surface area (Å²) in [4.78, 5) is 4.23. The Morgan fingerprint density at radius 1 is 1.35 bits per heavy atom.